The molecule has 1 fully saturated rings. The Hall–Kier alpha value is -1.18. The summed E-state index contributed by atoms with van der Waals surface area (Å²) in [5.41, 5.74) is 2.70. The molecule has 2 atom stereocenters. The van der Waals surface area contributed by atoms with Crippen LogP contribution in [0.5, 0.6) is 0 Å². The molecule has 1 aromatic rings. The molecular formula is C12H16N2. The summed E-state index contributed by atoms with van der Waals surface area (Å²) in [6, 6.07) is 9.35. The van der Waals surface area contributed by atoms with Crippen molar-refractivity contribution < 1.29 is 0 Å². The van der Waals surface area contributed by atoms with Gasteiger partial charge in [-0.25, -0.2) is 0 Å². The number of fused-ring (bicyclic) bond motifs is 3. The van der Waals surface area contributed by atoms with Crippen LogP contribution in [0.1, 0.15) is 13.3 Å². The van der Waals surface area contributed by atoms with Crippen LogP contribution in [0.3, 0.4) is 0 Å². The number of hydrogen-bond acceptors (Lipinski definition) is 2. The highest BCUT2D eigenvalue weighted by atomic mass is 15.2. The van der Waals surface area contributed by atoms with E-state index in [1.807, 2.05) is 0 Å². The van der Waals surface area contributed by atoms with Crippen LogP contribution in [0.25, 0.3) is 0 Å². The Morgan fingerprint density at radius 3 is 3.14 bits per heavy atom. The van der Waals surface area contributed by atoms with Gasteiger partial charge in [0.1, 0.15) is 0 Å². The third-order valence-electron chi connectivity index (χ3n) is 3.60. The molecule has 2 heterocycles. The molecule has 0 spiro atoms. The van der Waals surface area contributed by atoms with E-state index >= 15 is 0 Å². The van der Waals surface area contributed by atoms with Gasteiger partial charge in [0.25, 0.3) is 0 Å². The Balaban J connectivity index is 2.03. The monoisotopic (exact) mass is 188 g/mol. The molecular weight excluding hydrogens is 172 g/mol. The van der Waals surface area contributed by atoms with Gasteiger partial charge in [-0.05, 0) is 24.5 Å². The minimum atomic E-state index is 0.713. The lowest BCUT2D eigenvalue weighted by molar-refractivity contribution is 0.524. The average molecular weight is 188 g/mol. The normalized spacial score (nSPS) is 29.4. The fourth-order valence-corrected chi connectivity index (χ4v) is 2.71. The zero-order valence-electron chi connectivity index (χ0n) is 8.53. The van der Waals surface area contributed by atoms with E-state index in [9.17, 15) is 0 Å². The number of nitrogens with one attached hydrogen (secondary N) is 1. The summed E-state index contributed by atoms with van der Waals surface area (Å²) in [5.74, 6) is 0.829. The van der Waals surface area contributed by atoms with E-state index < -0.39 is 0 Å². The quantitative estimate of drug-likeness (QED) is 0.672. The van der Waals surface area contributed by atoms with Crippen LogP contribution in [0.4, 0.5) is 11.4 Å². The number of benzene rings is 1. The third kappa shape index (κ3) is 1.03. The van der Waals surface area contributed by atoms with Gasteiger partial charge in [-0.15, -0.1) is 0 Å². The molecule has 2 unspecified atom stereocenters. The number of para-hydroxylation sites is 2. The van der Waals surface area contributed by atoms with Crippen molar-refractivity contribution >= 4 is 11.4 Å². The van der Waals surface area contributed by atoms with E-state index in [0.717, 1.165) is 12.5 Å². The Bertz CT molecular complexity index is 348. The molecule has 14 heavy (non-hydrogen) atoms. The molecule has 0 saturated carbocycles. The molecule has 0 amide bonds. The van der Waals surface area contributed by atoms with Crippen molar-refractivity contribution in [1.29, 1.82) is 0 Å². The Morgan fingerprint density at radius 2 is 2.21 bits per heavy atom. The van der Waals surface area contributed by atoms with Gasteiger partial charge in [-0.1, -0.05) is 19.1 Å². The van der Waals surface area contributed by atoms with E-state index in [0.29, 0.717) is 6.04 Å². The molecule has 3 rings (SSSR count). The lowest BCUT2D eigenvalue weighted by Crippen LogP contribution is -2.41. The number of hydrogen-bond donors (Lipinski definition) is 1. The summed E-state index contributed by atoms with van der Waals surface area (Å²) in [5, 5.41) is 3.52. The van der Waals surface area contributed by atoms with Crippen LogP contribution in [0.2, 0.25) is 0 Å². The third-order valence-corrected chi connectivity index (χ3v) is 3.60. The van der Waals surface area contributed by atoms with Gasteiger partial charge in [-0.2, -0.15) is 0 Å². The van der Waals surface area contributed by atoms with E-state index in [1.54, 1.807) is 0 Å². The molecule has 2 aliphatic heterocycles. The maximum Gasteiger partial charge on any atom is 0.0605 e. The Kier molecular flexibility index (Phi) is 1.69. The second-order valence-corrected chi connectivity index (χ2v) is 4.42. The molecule has 1 aromatic carbocycles. The average Bonchev–Trinajstić information content (AvgIpc) is 2.61. The molecule has 0 radical (unpaired) electrons. The van der Waals surface area contributed by atoms with E-state index in [2.05, 4.69) is 41.4 Å². The van der Waals surface area contributed by atoms with Gasteiger partial charge in [0.15, 0.2) is 0 Å². The summed E-state index contributed by atoms with van der Waals surface area (Å²) in [4.78, 5) is 2.57. The fraction of sp³-hybridized carbons (Fsp3) is 0.500. The highest BCUT2D eigenvalue weighted by Crippen LogP contribution is 2.37. The van der Waals surface area contributed by atoms with Gasteiger partial charge in [0, 0.05) is 19.1 Å². The number of nitrogens with zero attached hydrogens (tertiary/aromatic N) is 1. The zero-order valence-corrected chi connectivity index (χ0v) is 8.53. The van der Waals surface area contributed by atoms with Crippen molar-refractivity contribution in [3.05, 3.63) is 24.3 Å². The Morgan fingerprint density at radius 1 is 1.36 bits per heavy atom. The minimum absolute atomic E-state index is 0.713. The molecule has 2 aliphatic rings. The van der Waals surface area contributed by atoms with Crippen LogP contribution in [0.15, 0.2) is 24.3 Å². The highest BCUT2D eigenvalue weighted by molar-refractivity contribution is 5.73. The molecule has 74 valence electrons. The number of anilines is 2. The van der Waals surface area contributed by atoms with Crippen LogP contribution < -0.4 is 10.2 Å². The molecule has 0 bridgehead atoms. The van der Waals surface area contributed by atoms with E-state index in [1.165, 1.54) is 24.3 Å². The molecule has 2 heteroatoms. The molecule has 0 aliphatic carbocycles. The first kappa shape index (κ1) is 8.16. The smallest absolute Gasteiger partial charge is 0.0605 e. The van der Waals surface area contributed by atoms with Crippen molar-refractivity contribution in [2.75, 3.05) is 23.3 Å². The van der Waals surface area contributed by atoms with Gasteiger partial charge >= 0.3 is 0 Å². The lowest BCUT2D eigenvalue weighted by Gasteiger charge is -2.35. The van der Waals surface area contributed by atoms with Crippen molar-refractivity contribution in [1.82, 2.24) is 0 Å². The summed E-state index contributed by atoms with van der Waals surface area (Å²) in [6.45, 7) is 4.70. The second kappa shape index (κ2) is 2.91. The zero-order chi connectivity index (χ0) is 9.54. The summed E-state index contributed by atoms with van der Waals surface area (Å²) in [6.07, 6.45) is 1.33. The molecule has 1 saturated heterocycles. The van der Waals surface area contributed by atoms with Crippen molar-refractivity contribution in [2.24, 2.45) is 5.92 Å². The van der Waals surface area contributed by atoms with Gasteiger partial charge in [-0.3, -0.25) is 0 Å². The lowest BCUT2D eigenvalue weighted by atomic mass is 10.0. The van der Waals surface area contributed by atoms with Crippen LogP contribution in [-0.2, 0) is 0 Å². The predicted molar refractivity (Wildman–Crippen MR) is 59.8 cm³/mol. The van der Waals surface area contributed by atoms with Crippen LogP contribution in [0, 0.1) is 5.92 Å². The summed E-state index contributed by atoms with van der Waals surface area (Å²) >= 11 is 0. The largest absolute Gasteiger partial charge is 0.381 e. The minimum Gasteiger partial charge on any atom is -0.381 e. The van der Waals surface area contributed by atoms with E-state index in [4.69, 9.17) is 0 Å². The first-order valence-corrected chi connectivity index (χ1v) is 5.46. The first-order chi connectivity index (χ1) is 6.86. The fourth-order valence-electron chi connectivity index (χ4n) is 2.71. The van der Waals surface area contributed by atoms with Crippen molar-refractivity contribution in [2.45, 2.75) is 19.4 Å². The summed E-state index contributed by atoms with van der Waals surface area (Å²) in [7, 11) is 0. The number of rotatable bonds is 0. The van der Waals surface area contributed by atoms with Crippen molar-refractivity contribution in [3.8, 4) is 0 Å². The van der Waals surface area contributed by atoms with Gasteiger partial charge in [0.05, 0.1) is 11.4 Å². The topological polar surface area (TPSA) is 15.3 Å². The molecule has 0 aromatic heterocycles. The second-order valence-electron chi connectivity index (χ2n) is 4.42. The molecule has 2 nitrogen and oxygen atoms in total. The van der Waals surface area contributed by atoms with Gasteiger partial charge in [0.2, 0.25) is 0 Å². The first-order valence-electron chi connectivity index (χ1n) is 5.46. The Labute approximate surface area is 84.9 Å². The SMILES string of the molecule is CC1CCN2c3ccccc3NCC12. The highest BCUT2D eigenvalue weighted by Gasteiger charge is 2.34. The molecule has 1 N–H and O–H groups in total. The predicted octanol–water partition coefficient (Wildman–Crippen LogP) is 2.33. The maximum atomic E-state index is 3.52. The van der Waals surface area contributed by atoms with Crippen LogP contribution >= 0.6 is 0 Å². The maximum absolute atomic E-state index is 3.52. The van der Waals surface area contributed by atoms with Gasteiger partial charge < -0.3 is 10.2 Å². The van der Waals surface area contributed by atoms with Crippen molar-refractivity contribution in [3.63, 3.8) is 0 Å². The van der Waals surface area contributed by atoms with Crippen LogP contribution in [-0.4, -0.2) is 19.1 Å². The standard InChI is InChI=1S/C12H16N2/c1-9-6-7-14-11-5-3-2-4-10(11)13-8-12(9)14/h2-5,9,12-13H,6-8H2,1H3. The van der Waals surface area contributed by atoms with E-state index in [-0.39, 0.29) is 0 Å². The summed E-state index contributed by atoms with van der Waals surface area (Å²) < 4.78 is 0.